The van der Waals surface area contributed by atoms with Crippen LogP contribution in [0.4, 0.5) is 5.82 Å². The van der Waals surface area contributed by atoms with Crippen molar-refractivity contribution in [2.75, 3.05) is 11.9 Å². The van der Waals surface area contributed by atoms with Gasteiger partial charge in [-0.1, -0.05) is 41.9 Å². The van der Waals surface area contributed by atoms with E-state index in [2.05, 4.69) is 15.3 Å². The molecule has 1 amide bonds. The summed E-state index contributed by atoms with van der Waals surface area (Å²) in [5.74, 6) is 0.946. The Morgan fingerprint density at radius 1 is 1.29 bits per heavy atom. The molecule has 1 aromatic heterocycles. The third-order valence-corrected chi connectivity index (χ3v) is 3.38. The average Bonchev–Trinajstić information content (AvgIpc) is 2.48. The van der Waals surface area contributed by atoms with Crippen LogP contribution in [-0.4, -0.2) is 22.4 Å². The van der Waals surface area contributed by atoms with Gasteiger partial charge in [0, 0.05) is 24.1 Å². The molecule has 1 heterocycles. The molecule has 3 N–H and O–H groups in total. The van der Waals surface area contributed by atoms with Crippen molar-refractivity contribution in [1.29, 1.82) is 0 Å². The lowest BCUT2D eigenvalue weighted by Crippen LogP contribution is -2.13. The number of primary amides is 1. The number of aromatic nitrogens is 2. The van der Waals surface area contributed by atoms with Gasteiger partial charge in [0.05, 0.1) is 0 Å². The van der Waals surface area contributed by atoms with Gasteiger partial charge in [-0.15, -0.1) is 0 Å². The maximum atomic E-state index is 10.7. The molecule has 0 aliphatic rings. The quantitative estimate of drug-likeness (QED) is 0.635. The summed E-state index contributed by atoms with van der Waals surface area (Å²) in [6, 6.07) is 9.64. The van der Waals surface area contributed by atoms with Gasteiger partial charge in [-0.3, -0.25) is 4.79 Å². The third kappa shape index (κ3) is 4.16. The minimum absolute atomic E-state index is 0.306. The molecule has 0 saturated carbocycles. The van der Waals surface area contributed by atoms with Gasteiger partial charge in [-0.25, -0.2) is 9.97 Å². The van der Waals surface area contributed by atoms with E-state index in [-0.39, 0.29) is 5.91 Å². The standard InChI is InChI=1S/C15H17ClN4O/c1-10-13(16)19-15(11-6-3-2-4-7-11)20-14(10)18-9-5-8-12(17)21/h2-4,6-7H,5,8-9H2,1H3,(H2,17,21)(H,18,19,20). The van der Waals surface area contributed by atoms with Gasteiger partial charge >= 0.3 is 0 Å². The van der Waals surface area contributed by atoms with Crippen molar-refractivity contribution in [3.05, 3.63) is 41.0 Å². The molecule has 5 nitrogen and oxygen atoms in total. The molecule has 0 spiro atoms. The third-order valence-electron chi connectivity index (χ3n) is 3.01. The van der Waals surface area contributed by atoms with Crippen LogP contribution in [-0.2, 0) is 4.79 Å². The van der Waals surface area contributed by atoms with Crippen LogP contribution in [0.2, 0.25) is 5.15 Å². The second-order valence-electron chi connectivity index (χ2n) is 4.67. The zero-order valence-corrected chi connectivity index (χ0v) is 12.5. The second kappa shape index (κ2) is 7.04. The molecule has 0 unspecified atom stereocenters. The first-order chi connectivity index (χ1) is 10.1. The fourth-order valence-corrected chi connectivity index (χ4v) is 2.02. The first-order valence-electron chi connectivity index (χ1n) is 6.69. The lowest BCUT2D eigenvalue weighted by atomic mass is 10.2. The number of carbonyl (C=O) groups excluding carboxylic acids is 1. The van der Waals surface area contributed by atoms with Gasteiger partial charge < -0.3 is 11.1 Å². The van der Waals surface area contributed by atoms with Gasteiger partial charge in [-0.05, 0) is 13.3 Å². The van der Waals surface area contributed by atoms with E-state index in [1.165, 1.54) is 0 Å². The van der Waals surface area contributed by atoms with Crippen LogP contribution in [0.3, 0.4) is 0 Å². The summed E-state index contributed by atoms with van der Waals surface area (Å²) in [5, 5.41) is 3.59. The van der Waals surface area contributed by atoms with E-state index in [1.807, 2.05) is 37.3 Å². The fraction of sp³-hybridized carbons (Fsp3) is 0.267. The summed E-state index contributed by atoms with van der Waals surface area (Å²) in [4.78, 5) is 19.5. The molecule has 1 aromatic carbocycles. The number of carbonyl (C=O) groups is 1. The summed E-state index contributed by atoms with van der Waals surface area (Å²) >= 11 is 6.17. The van der Waals surface area contributed by atoms with Crippen molar-refractivity contribution in [2.45, 2.75) is 19.8 Å². The van der Waals surface area contributed by atoms with E-state index >= 15 is 0 Å². The molecule has 21 heavy (non-hydrogen) atoms. The number of amides is 1. The lowest BCUT2D eigenvalue weighted by molar-refractivity contribution is -0.118. The minimum Gasteiger partial charge on any atom is -0.370 e. The van der Waals surface area contributed by atoms with E-state index in [0.717, 1.165) is 11.1 Å². The van der Waals surface area contributed by atoms with Crippen LogP contribution in [0.15, 0.2) is 30.3 Å². The van der Waals surface area contributed by atoms with E-state index in [0.29, 0.717) is 36.2 Å². The predicted molar refractivity (Wildman–Crippen MR) is 84.1 cm³/mol. The first-order valence-corrected chi connectivity index (χ1v) is 7.07. The highest BCUT2D eigenvalue weighted by Gasteiger charge is 2.10. The zero-order chi connectivity index (χ0) is 15.2. The molecule has 6 heteroatoms. The highest BCUT2D eigenvalue weighted by Crippen LogP contribution is 2.24. The topological polar surface area (TPSA) is 80.9 Å². The molecule has 2 rings (SSSR count). The molecular formula is C15H17ClN4O. The fourth-order valence-electron chi connectivity index (χ4n) is 1.85. The number of nitrogens with one attached hydrogen (secondary N) is 1. The molecule has 0 saturated heterocycles. The number of benzene rings is 1. The van der Waals surface area contributed by atoms with Crippen LogP contribution >= 0.6 is 11.6 Å². The van der Waals surface area contributed by atoms with E-state index in [1.54, 1.807) is 0 Å². The number of nitrogens with two attached hydrogens (primary N) is 1. The molecule has 0 aliphatic carbocycles. The Hall–Kier alpha value is -2.14. The van der Waals surface area contributed by atoms with Gasteiger partial charge in [0.1, 0.15) is 11.0 Å². The highest BCUT2D eigenvalue weighted by molar-refractivity contribution is 6.30. The first kappa shape index (κ1) is 15.3. The lowest BCUT2D eigenvalue weighted by Gasteiger charge is -2.11. The van der Waals surface area contributed by atoms with Gasteiger partial charge in [0.2, 0.25) is 5.91 Å². The number of halogens is 1. The summed E-state index contributed by atoms with van der Waals surface area (Å²) in [7, 11) is 0. The van der Waals surface area contributed by atoms with Gasteiger partial charge in [-0.2, -0.15) is 0 Å². The van der Waals surface area contributed by atoms with Crippen molar-refractivity contribution < 1.29 is 4.79 Å². The van der Waals surface area contributed by atoms with E-state index in [4.69, 9.17) is 17.3 Å². The number of hydrogen-bond acceptors (Lipinski definition) is 4. The van der Waals surface area contributed by atoms with Crippen LogP contribution in [0.25, 0.3) is 11.4 Å². The van der Waals surface area contributed by atoms with Crippen molar-refractivity contribution in [3.63, 3.8) is 0 Å². The molecule has 0 atom stereocenters. The van der Waals surface area contributed by atoms with Crippen LogP contribution in [0, 0.1) is 6.92 Å². The Kier molecular flexibility index (Phi) is 5.11. The summed E-state index contributed by atoms with van der Waals surface area (Å²) in [6.45, 7) is 2.46. The molecule has 110 valence electrons. The zero-order valence-electron chi connectivity index (χ0n) is 11.8. The Labute approximate surface area is 128 Å². The minimum atomic E-state index is -0.306. The molecule has 0 radical (unpaired) electrons. The van der Waals surface area contributed by atoms with Crippen molar-refractivity contribution in [3.8, 4) is 11.4 Å². The smallest absolute Gasteiger partial charge is 0.217 e. The normalized spacial score (nSPS) is 10.4. The Morgan fingerprint density at radius 3 is 2.67 bits per heavy atom. The van der Waals surface area contributed by atoms with Crippen LogP contribution in [0.1, 0.15) is 18.4 Å². The maximum absolute atomic E-state index is 10.7. The van der Waals surface area contributed by atoms with Crippen molar-refractivity contribution >= 4 is 23.3 Å². The molecule has 0 bridgehead atoms. The highest BCUT2D eigenvalue weighted by atomic mass is 35.5. The largest absolute Gasteiger partial charge is 0.370 e. The molecule has 0 aliphatic heterocycles. The molecule has 0 fully saturated rings. The number of hydrogen-bond donors (Lipinski definition) is 2. The molecule has 2 aromatic rings. The van der Waals surface area contributed by atoms with Gasteiger partial charge in [0.15, 0.2) is 5.82 Å². The number of rotatable bonds is 6. The van der Waals surface area contributed by atoms with Crippen LogP contribution < -0.4 is 11.1 Å². The average molecular weight is 305 g/mol. The van der Waals surface area contributed by atoms with Crippen LogP contribution in [0.5, 0.6) is 0 Å². The maximum Gasteiger partial charge on any atom is 0.217 e. The SMILES string of the molecule is Cc1c(Cl)nc(-c2ccccc2)nc1NCCCC(N)=O. The van der Waals surface area contributed by atoms with E-state index in [9.17, 15) is 4.79 Å². The summed E-state index contributed by atoms with van der Waals surface area (Å²) < 4.78 is 0. The molecular weight excluding hydrogens is 288 g/mol. The van der Waals surface area contributed by atoms with Gasteiger partial charge in [0.25, 0.3) is 0 Å². The van der Waals surface area contributed by atoms with Crippen molar-refractivity contribution in [2.24, 2.45) is 5.73 Å². The predicted octanol–water partition coefficient (Wildman–Crippen LogP) is 2.78. The summed E-state index contributed by atoms with van der Waals surface area (Å²) in [6.07, 6.45) is 0.994. The summed E-state index contributed by atoms with van der Waals surface area (Å²) in [5.41, 5.74) is 6.80. The monoisotopic (exact) mass is 304 g/mol. The Bertz CT molecular complexity index is 631. The second-order valence-corrected chi connectivity index (χ2v) is 5.03. The number of nitrogens with zero attached hydrogens (tertiary/aromatic N) is 2. The number of anilines is 1. The Balaban J connectivity index is 2.17. The van der Waals surface area contributed by atoms with E-state index < -0.39 is 0 Å². The Morgan fingerprint density at radius 2 is 2.00 bits per heavy atom. The van der Waals surface area contributed by atoms with Crippen molar-refractivity contribution in [1.82, 2.24) is 9.97 Å².